The summed E-state index contributed by atoms with van der Waals surface area (Å²) in [5, 5.41) is 9.84. The van der Waals surface area contributed by atoms with Crippen LogP contribution in [-0.2, 0) is 19.9 Å². The van der Waals surface area contributed by atoms with Crippen molar-refractivity contribution in [1.29, 1.82) is 0 Å². The third-order valence-electron chi connectivity index (χ3n) is 6.98. The SMILES string of the molecule is Cc1ccc(C)c(N2CCN(CCCNC(=O)c3nn(C)c4c3CCc3sccc3-4)CC2)c1. The minimum absolute atomic E-state index is 0.0368. The van der Waals surface area contributed by atoms with Gasteiger partial charge >= 0.3 is 0 Å². The Labute approximate surface area is 200 Å². The second-order valence-corrected chi connectivity index (χ2v) is 10.3. The molecule has 0 atom stereocenters. The fourth-order valence-electron chi connectivity index (χ4n) is 5.17. The van der Waals surface area contributed by atoms with Gasteiger partial charge in [0.2, 0.25) is 0 Å². The van der Waals surface area contributed by atoms with Gasteiger partial charge in [-0.3, -0.25) is 14.4 Å². The van der Waals surface area contributed by atoms with Gasteiger partial charge in [0.05, 0.1) is 5.69 Å². The van der Waals surface area contributed by atoms with Gasteiger partial charge in [-0.05, 0) is 68.3 Å². The average Bonchev–Trinajstić information content (AvgIpc) is 3.43. The molecule has 33 heavy (non-hydrogen) atoms. The van der Waals surface area contributed by atoms with Crippen LogP contribution in [0, 0.1) is 13.8 Å². The van der Waals surface area contributed by atoms with Gasteiger partial charge in [-0.1, -0.05) is 12.1 Å². The highest BCUT2D eigenvalue weighted by atomic mass is 32.1. The first-order valence-electron chi connectivity index (χ1n) is 12.0. The van der Waals surface area contributed by atoms with E-state index in [9.17, 15) is 4.79 Å². The predicted octanol–water partition coefficient (Wildman–Crippen LogP) is 3.81. The number of benzene rings is 1. The number of piperazine rings is 1. The highest BCUT2D eigenvalue weighted by Gasteiger charge is 2.27. The molecular weight excluding hydrogens is 430 g/mol. The molecule has 6 nitrogen and oxygen atoms in total. The van der Waals surface area contributed by atoms with Gasteiger partial charge in [-0.25, -0.2) is 0 Å². The number of hydrogen-bond acceptors (Lipinski definition) is 5. The second-order valence-electron chi connectivity index (χ2n) is 9.28. The Kier molecular flexibility index (Phi) is 6.25. The summed E-state index contributed by atoms with van der Waals surface area (Å²) in [7, 11) is 1.94. The van der Waals surface area contributed by atoms with Crippen molar-refractivity contribution in [2.24, 2.45) is 7.05 Å². The number of hydrogen-bond donors (Lipinski definition) is 1. The van der Waals surface area contributed by atoms with Crippen molar-refractivity contribution in [3.8, 4) is 11.3 Å². The molecule has 1 N–H and O–H groups in total. The lowest BCUT2D eigenvalue weighted by Gasteiger charge is -2.37. The topological polar surface area (TPSA) is 53.4 Å². The fraction of sp³-hybridized carbons (Fsp3) is 0.462. The lowest BCUT2D eigenvalue weighted by molar-refractivity contribution is 0.0945. The number of aromatic nitrogens is 2. The molecule has 1 amide bonds. The molecular formula is C26H33N5OS. The number of carbonyl (C=O) groups excluding carboxylic acids is 1. The van der Waals surface area contributed by atoms with Crippen LogP contribution in [0.3, 0.4) is 0 Å². The monoisotopic (exact) mass is 463 g/mol. The minimum atomic E-state index is -0.0368. The zero-order chi connectivity index (χ0) is 22.9. The molecule has 1 aliphatic carbocycles. The maximum atomic E-state index is 12.9. The van der Waals surface area contributed by atoms with Crippen LogP contribution in [0.25, 0.3) is 11.3 Å². The van der Waals surface area contributed by atoms with Gasteiger partial charge in [0.25, 0.3) is 5.91 Å². The van der Waals surface area contributed by atoms with Crippen LogP contribution in [0.1, 0.15) is 38.5 Å². The van der Waals surface area contributed by atoms with Gasteiger partial charge in [0.1, 0.15) is 0 Å². The molecule has 0 saturated carbocycles. The molecule has 1 fully saturated rings. The van der Waals surface area contributed by atoms with Crippen LogP contribution in [0.15, 0.2) is 29.6 Å². The van der Waals surface area contributed by atoms with Crippen molar-refractivity contribution < 1.29 is 4.79 Å². The Morgan fingerprint density at radius 2 is 1.94 bits per heavy atom. The Morgan fingerprint density at radius 3 is 2.76 bits per heavy atom. The molecule has 1 aliphatic heterocycles. The van der Waals surface area contributed by atoms with Crippen LogP contribution < -0.4 is 10.2 Å². The summed E-state index contributed by atoms with van der Waals surface area (Å²) in [6, 6.07) is 8.86. The number of nitrogens with zero attached hydrogens (tertiary/aromatic N) is 4. The van der Waals surface area contributed by atoms with E-state index in [4.69, 9.17) is 0 Å². The molecule has 3 aromatic rings. The van der Waals surface area contributed by atoms with E-state index in [0.717, 1.165) is 63.2 Å². The highest BCUT2D eigenvalue weighted by Crippen LogP contribution is 2.37. The second kappa shape index (κ2) is 9.31. The average molecular weight is 464 g/mol. The fourth-order valence-corrected chi connectivity index (χ4v) is 6.05. The molecule has 2 aromatic heterocycles. The quantitative estimate of drug-likeness (QED) is 0.565. The predicted molar refractivity (Wildman–Crippen MR) is 135 cm³/mol. The van der Waals surface area contributed by atoms with Gasteiger partial charge in [0.15, 0.2) is 5.69 Å². The van der Waals surface area contributed by atoms with Crippen LogP contribution in [0.5, 0.6) is 0 Å². The summed E-state index contributed by atoms with van der Waals surface area (Å²) in [6.45, 7) is 10.3. The molecule has 5 rings (SSSR count). The zero-order valence-corrected chi connectivity index (χ0v) is 20.7. The Bertz CT molecular complexity index is 1160. The summed E-state index contributed by atoms with van der Waals surface area (Å²) in [5.41, 5.74) is 8.10. The van der Waals surface area contributed by atoms with Crippen molar-refractivity contribution in [1.82, 2.24) is 20.0 Å². The lowest BCUT2D eigenvalue weighted by Crippen LogP contribution is -2.47. The van der Waals surface area contributed by atoms with Crippen LogP contribution in [0.2, 0.25) is 0 Å². The number of rotatable bonds is 6. The Balaban J connectivity index is 1.10. The van der Waals surface area contributed by atoms with E-state index in [1.807, 2.05) is 11.7 Å². The number of amides is 1. The number of carbonyl (C=O) groups is 1. The summed E-state index contributed by atoms with van der Waals surface area (Å²) in [6.07, 6.45) is 2.85. The molecule has 0 bridgehead atoms. The summed E-state index contributed by atoms with van der Waals surface area (Å²) < 4.78 is 1.88. The normalized spacial score (nSPS) is 15.9. The van der Waals surface area contributed by atoms with E-state index in [2.05, 4.69) is 63.7 Å². The number of anilines is 1. The number of aryl methyl sites for hydroxylation is 4. The van der Waals surface area contributed by atoms with E-state index >= 15 is 0 Å². The van der Waals surface area contributed by atoms with Crippen molar-refractivity contribution in [3.63, 3.8) is 0 Å². The lowest BCUT2D eigenvalue weighted by atomic mass is 9.94. The first kappa shape index (κ1) is 22.2. The van der Waals surface area contributed by atoms with Crippen molar-refractivity contribution in [2.45, 2.75) is 33.1 Å². The van der Waals surface area contributed by atoms with E-state index in [0.29, 0.717) is 12.2 Å². The van der Waals surface area contributed by atoms with Crippen LogP contribution >= 0.6 is 11.3 Å². The molecule has 2 aliphatic rings. The smallest absolute Gasteiger partial charge is 0.272 e. The molecule has 0 unspecified atom stereocenters. The first-order chi connectivity index (χ1) is 16.0. The molecule has 174 valence electrons. The van der Waals surface area contributed by atoms with E-state index in [1.54, 1.807) is 11.3 Å². The number of fused-ring (bicyclic) bond motifs is 3. The van der Waals surface area contributed by atoms with Crippen LogP contribution in [-0.4, -0.2) is 59.9 Å². The van der Waals surface area contributed by atoms with E-state index in [-0.39, 0.29) is 5.91 Å². The number of nitrogens with one attached hydrogen (secondary N) is 1. The molecule has 1 saturated heterocycles. The van der Waals surface area contributed by atoms with Crippen molar-refractivity contribution in [2.75, 3.05) is 44.2 Å². The number of thiophene rings is 1. The van der Waals surface area contributed by atoms with E-state index in [1.165, 1.54) is 27.3 Å². The molecule has 0 radical (unpaired) electrons. The summed E-state index contributed by atoms with van der Waals surface area (Å²) in [5.74, 6) is -0.0368. The molecule has 1 aromatic carbocycles. The van der Waals surface area contributed by atoms with E-state index < -0.39 is 0 Å². The Hall–Kier alpha value is -2.64. The largest absolute Gasteiger partial charge is 0.369 e. The van der Waals surface area contributed by atoms with Gasteiger partial charge in [-0.15, -0.1) is 11.3 Å². The third kappa shape index (κ3) is 4.44. The molecule has 7 heteroatoms. The van der Waals surface area contributed by atoms with Gasteiger partial charge < -0.3 is 10.2 Å². The van der Waals surface area contributed by atoms with Gasteiger partial charge in [0, 0.05) is 61.5 Å². The standard InChI is InChI=1S/C26H33N5OS/c1-18-5-6-19(2)22(17-18)31-14-12-30(13-15-31)11-4-10-27-26(32)24-21-7-8-23-20(9-16-33-23)25(21)29(3)28-24/h5-6,9,16-17H,4,7-8,10-15H2,1-3H3,(H,27,32). The molecule has 3 heterocycles. The first-order valence-corrected chi connectivity index (χ1v) is 12.8. The minimum Gasteiger partial charge on any atom is -0.369 e. The van der Waals surface area contributed by atoms with Gasteiger partial charge in [-0.2, -0.15) is 5.10 Å². The maximum Gasteiger partial charge on any atom is 0.272 e. The maximum absolute atomic E-state index is 12.9. The highest BCUT2D eigenvalue weighted by molar-refractivity contribution is 7.10. The van der Waals surface area contributed by atoms with Crippen molar-refractivity contribution >= 4 is 22.9 Å². The van der Waals surface area contributed by atoms with Crippen molar-refractivity contribution in [3.05, 3.63) is 56.9 Å². The summed E-state index contributed by atoms with van der Waals surface area (Å²) >= 11 is 1.80. The Morgan fingerprint density at radius 1 is 1.12 bits per heavy atom. The molecule has 0 spiro atoms. The summed E-state index contributed by atoms with van der Waals surface area (Å²) in [4.78, 5) is 19.3. The van der Waals surface area contributed by atoms with Crippen LogP contribution in [0.4, 0.5) is 5.69 Å². The zero-order valence-electron chi connectivity index (χ0n) is 19.9. The third-order valence-corrected chi connectivity index (χ3v) is 7.96.